The number of halogens is 3. The van der Waals surface area contributed by atoms with Crippen molar-refractivity contribution in [2.24, 2.45) is 5.92 Å². The van der Waals surface area contributed by atoms with Gasteiger partial charge in [-0.25, -0.2) is 21.6 Å². The van der Waals surface area contributed by atoms with Gasteiger partial charge in [0.25, 0.3) is 0 Å². The van der Waals surface area contributed by atoms with E-state index in [4.69, 9.17) is 0 Å². The van der Waals surface area contributed by atoms with E-state index in [1.165, 1.54) is 0 Å². The van der Waals surface area contributed by atoms with Crippen LogP contribution in [0.4, 0.5) is 25.1 Å². The number of nitrogens with one attached hydrogen (secondary N) is 2. The number of rotatable bonds is 10. The molecule has 0 unspecified atom stereocenters. The summed E-state index contributed by atoms with van der Waals surface area (Å²) in [5, 5.41) is 12.5. The highest BCUT2D eigenvalue weighted by Crippen LogP contribution is 2.25. The lowest BCUT2D eigenvalue weighted by Crippen LogP contribution is -2.27. The molecule has 31 heavy (non-hydrogen) atoms. The maximum Gasteiger partial charge on any atom is 0.241 e. The molecule has 0 bridgehead atoms. The van der Waals surface area contributed by atoms with Gasteiger partial charge in [-0.1, -0.05) is 20.8 Å². The number of aromatic nitrogens is 3. The Morgan fingerprint density at radius 2 is 1.61 bits per heavy atom. The molecule has 1 aromatic heterocycles. The highest BCUT2D eigenvalue weighted by molar-refractivity contribution is 7.91. The Kier molecular flexibility index (Phi) is 8.18. The number of benzene rings is 1. The van der Waals surface area contributed by atoms with E-state index in [2.05, 4.69) is 25.0 Å². The van der Waals surface area contributed by atoms with E-state index in [9.17, 15) is 26.7 Å². The minimum atomic E-state index is -3.69. The second-order valence-corrected chi connectivity index (χ2v) is 9.57. The van der Waals surface area contributed by atoms with Crippen LogP contribution < -0.4 is 10.0 Å². The van der Waals surface area contributed by atoms with Gasteiger partial charge in [-0.3, -0.25) is 4.72 Å². The SMILES string of the molecule is CC(C)C[C@H](CO)Nc1nc(C[C@H](C)c2cc(F)c(F)cc2F)nc(NS(C)(=O)=O)n1. The zero-order valence-electron chi connectivity index (χ0n) is 17.7. The summed E-state index contributed by atoms with van der Waals surface area (Å²) in [6, 6.07) is 0.855. The monoisotopic (exact) mass is 461 g/mol. The summed E-state index contributed by atoms with van der Waals surface area (Å²) in [6.07, 6.45) is 1.52. The highest BCUT2D eigenvalue weighted by Gasteiger charge is 2.20. The maximum absolute atomic E-state index is 14.1. The number of aliphatic hydroxyl groups excluding tert-OH is 1. The first-order valence-electron chi connectivity index (χ1n) is 9.62. The lowest BCUT2D eigenvalue weighted by atomic mass is 9.96. The number of aliphatic hydroxyl groups is 1. The zero-order valence-corrected chi connectivity index (χ0v) is 18.5. The molecular formula is C19H26F3N5O3S. The van der Waals surface area contributed by atoms with E-state index < -0.39 is 33.4 Å². The van der Waals surface area contributed by atoms with Crippen LogP contribution in [0.1, 0.15) is 44.5 Å². The Labute approximate surface area is 179 Å². The minimum absolute atomic E-state index is 0.00833. The average Bonchev–Trinajstić information content (AvgIpc) is 2.62. The van der Waals surface area contributed by atoms with Gasteiger partial charge < -0.3 is 10.4 Å². The van der Waals surface area contributed by atoms with Crippen LogP contribution in [0.15, 0.2) is 12.1 Å². The van der Waals surface area contributed by atoms with Crippen LogP contribution in [0.3, 0.4) is 0 Å². The van der Waals surface area contributed by atoms with Crippen molar-refractivity contribution in [3.8, 4) is 0 Å². The van der Waals surface area contributed by atoms with Crippen molar-refractivity contribution in [3.63, 3.8) is 0 Å². The molecule has 0 aliphatic carbocycles. The summed E-state index contributed by atoms with van der Waals surface area (Å²) in [4.78, 5) is 12.3. The number of hydrogen-bond donors (Lipinski definition) is 3. The molecular weight excluding hydrogens is 435 g/mol. The summed E-state index contributed by atoms with van der Waals surface area (Å²) in [5.41, 5.74) is -0.0699. The first kappa shape index (κ1) is 24.8. The second kappa shape index (κ2) is 10.2. The largest absolute Gasteiger partial charge is 0.394 e. The maximum atomic E-state index is 14.1. The fourth-order valence-corrected chi connectivity index (χ4v) is 3.44. The molecule has 0 amide bonds. The number of anilines is 2. The molecule has 0 fully saturated rings. The van der Waals surface area contributed by atoms with E-state index in [1.54, 1.807) is 6.92 Å². The fourth-order valence-electron chi connectivity index (χ4n) is 3.02. The molecule has 0 saturated heterocycles. The third-order valence-electron chi connectivity index (χ3n) is 4.33. The van der Waals surface area contributed by atoms with Crippen LogP contribution in [0, 0.1) is 23.4 Å². The van der Waals surface area contributed by atoms with Gasteiger partial charge in [0.05, 0.1) is 18.9 Å². The molecule has 2 rings (SSSR count). The van der Waals surface area contributed by atoms with Crippen molar-refractivity contribution < 1.29 is 26.7 Å². The van der Waals surface area contributed by atoms with Crippen molar-refractivity contribution in [3.05, 3.63) is 41.0 Å². The topological polar surface area (TPSA) is 117 Å². The molecule has 1 aromatic carbocycles. The van der Waals surface area contributed by atoms with Crippen molar-refractivity contribution in [2.45, 2.75) is 45.6 Å². The van der Waals surface area contributed by atoms with Crippen LogP contribution in [0.25, 0.3) is 0 Å². The summed E-state index contributed by atoms with van der Waals surface area (Å²) in [7, 11) is -3.69. The normalized spacial score (nSPS) is 13.8. The molecule has 0 aliphatic rings. The number of sulfonamides is 1. The quantitative estimate of drug-likeness (QED) is 0.466. The van der Waals surface area contributed by atoms with Gasteiger partial charge in [0.1, 0.15) is 11.6 Å². The smallest absolute Gasteiger partial charge is 0.241 e. The predicted octanol–water partition coefficient (Wildman–Crippen LogP) is 2.83. The molecule has 2 aromatic rings. The first-order chi connectivity index (χ1) is 14.4. The summed E-state index contributed by atoms with van der Waals surface area (Å²) < 4.78 is 66.3. The molecule has 0 saturated carbocycles. The highest BCUT2D eigenvalue weighted by atomic mass is 32.2. The molecule has 2 atom stereocenters. The third kappa shape index (κ3) is 7.62. The average molecular weight is 462 g/mol. The minimum Gasteiger partial charge on any atom is -0.394 e. The molecule has 172 valence electrons. The van der Waals surface area contributed by atoms with Crippen LogP contribution in [0.5, 0.6) is 0 Å². The van der Waals surface area contributed by atoms with Crippen LogP contribution >= 0.6 is 0 Å². The van der Waals surface area contributed by atoms with Gasteiger partial charge in [0.15, 0.2) is 11.6 Å². The number of hydrogen-bond acceptors (Lipinski definition) is 7. The van der Waals surface area contributed by atoms with E-state index in [-0.39, 0.29) is 48.3 Å². The summed E-state index contributed by atoms with van der Waals surface area (Å²) in [5.74, 6) is -3.91. The van der Waals surface area contributed by atoms with Crippen molar-refractivity contribution in [1.29, 1.82) is 0 Å². The Bertz CT molecular complexity index is 1020. The standard InChI is InChI=1S/C19H26F3N5O3S/c1-10(2)5-12(9-28)23-18-24-17(25-19(26-18)27-31(4,29)30)6-11(3)13-7-15(21)16(22)8-14(13)20/h7-8,10-12,28H,5-6,9H2,1-4H3,(H2,23,24,25,26,27)/t11-,12+/m0/s1. The Morgan fingerprint density at radius 3 is 2.19 bits per heavy atom. The summed E-state index contributed by atoms with van der Waals surface area (Å²) >= 11 is 0. The molecule has 0 aliphatic heterocycles. The Hall–Kier alpha value is -2.47. The summed E-state index contributed by atoms with van der Waals surface area (Å²) in [6.45, 7) is 5.31. The Morgan fingerprint density at radius 1 is 1.00 bits per heavy atom. The van der Waals surface area contributed by atoms with Crippen molar-refractivity contribution >= 4 is 21.9 Å². The first-order valence-corrected chi connectivity index (χ1v) is 11.5. The second-order valence-electron chi connectivity index (χ2n) is 7.82. The van der Waals surface area contributed by atoms with Crippen LogP contribution in [0.2, 0.25) is 0 Å². The van der Waals surface area contributed by atoms with E-state index >= 15 is 0 Å². The van der Waals surface area contributed by atoms with E-state index in [0.717, 1.165) is 12.3 Å². The molecule has 1 heterocycles. The van der Waals surface area contributed by atoms with Gasteiger partial charge in [-0.2, -0.15) is 15.0 Å². The Balaban J connectivity index is 2.36. The van der Waals surface area contributed by atoms with Gasteiger partial charge >= 0.3 is 0 Å². The van der Waals surface area contributed by atoms with Crippen LogP contribution in [-0.2, 0) is 16.4 Å². The fraction of sp³-hybridized carbons (Fsp3) is 0.526. The molecule has 3 N–H and O–H groups in total. The molecule has 0 spiro atoms. The zero-order chi connectivity index (χ0) is 23.3. The van der Waals surface area contributed by atoms with Crippen molar-refractivity contribution in [1.82, 2.24) is 15.0 Å². The van der Waals surface area contributed by atoms with Gasteiger partial charge in [0.2, 0.25) is 21.9 Å². The van der Waals surface area contributed by atoms with E-state index in [1.807, 2.05) is 13.8 Å². The van der Waals surface area contributed by atoms with Gasteiger partial charge in [0, 0.05) is 12.5 Å². The van der Waals surface area contributed by atoms with Crippen LogP contribution in [-0.4, -0.2) is 47.4 Å². The predicted molar refractivity (Wildman–Crippen MR) is 111 cm³/mol. The molecule has 8 nitrogen and oxygen atoms in total. The lowest BCUT2D eigenvalue weighted by Gasteiger charge is -2.19. The lowest BCUT2D eigenvalue weighted by molar-refractivity contribution is 0.259. The third-order valence-corrected chi connectivity index (χ3v) is 4.88. The molecule has 12 heteroatoms. The number of nitrogens with zero attached hydrogens (tertiary/aromatic N) is 3. The molecule has 0 radical (unpaired) electrons. The van der Waals surface area contributed by atoms with Crippen molar-refractivity contribution in [2.75, 3.05) is 22.9 Å². The van der Waals surface area contributed by atoms with Gasteiger partial charge in [-0.05, 0) is 29.9 Å². The van der Waals surface area contributed by atoms with Gasteiger partial charge in [-0.15, -0.1) is 0 Å². The van der Waals surface area contributed by atoms with E-state index in [0.29, 0.717) is 12.5 Å².